The lowest BCUT2D eigenvalue weighted by Gasteiger charge is -2.10. The zero-order valence-corrected chi connectivity index (χ0v) is 18.5. The van der Waals surface area contributed by atoms with Crippen molar-refractivity contribution in [2.75, 3.05) is 12.4 Å². The molecular weight excluding hydrogens is 419 g/mol. The Bertz CT molecular complexity index is 1240. The molecule has 33 heavy (non-hydrogen) atoms. The van der Waals surface area contributed by atoms with Gasteiger partial charge in [-0.3, -0.25) is 0 Å². The third kappa shape index (κ3) is 5.38. The number of nitrogens with zero attached hydrogens (tertiary/aromatic N) is 2. The fourth-order valence-corrected chi connectivity index (χ4v) is 3.45. The van der Waals surface area contributed by atoms with Gasteiger partial charge in [0.25, 0.3) is 0 Å². The molecule has 1 atom stereocenters. The summed E-state index contributed by atoms with van der Waals surface area (Å²) in [5.41, 5.74) is 9.62. The summed E-state index contributed by atoms with van der Waals surface area (Å²) >= 11 is 0. The average Bonchev–Trinajstić information content (AvgIpc) is 3.32. The van der Waals surface area contributed by atoms with Gasteiger partial charge >= 0.3 is 0 Å². The van der Waals surface area contributed by atoms with E-state index in [1.165, 1.54) is 0 Å². The van der Waals surface area contributed by atoms with Crippen molar-refractivity contribution in [3.05, 3.63) is 102 Å². The van der Waals surface area contributed by atoms with E-state index in [1.54, 1.807) is 19.2 Å². The van der Waals surface area contributed by atoms with Gasteiger partial charge < -0.3 is 20.3 Å². The van der Waals surface area contributed by atoms with Gasteiger partial charge in [0.1, 0.15) is 23.0 Å². The largest absolute Gasteiger partial charge is 0.497 e. The smallest absolute Gasteiger partial charge is 0.193 e. The molecule has 1 heterocycles. The number of aromatic nitrogens is 1. The second kappa shape index (κ2) is 9.99. The number of halogens is 1. The first-order valence-corrected chi connectivity index (χ1v) is 10.5. The van der Waals surface area contributed by atoms with Crippen LogP contribution in [0.2, 0.25) is 0 Å². The lowest BCUT2D eigenvalue weighted by atomic mass is 9.95. The molecule has 0 saturated carbocycles. The van der Waals surface area contributed by atoms with Crippen LogP contribution in [0.25, 0.3) is 11.1 Å². The van der Waals surface area contributed by atoms with E-state index in [0.717, 1.165) is 22.6 Å². The lowest BCUT2D eigenvalue weighted by molar-refractivity contribution is 0.370. The normalized spacial score (nSPS) is 12.4. The van der Waals surface area contributed by atoms with E-state index >= 15 is 0 Å². The Balaban J connectivity index is 1.41. The van der Waals surface area contributed by atoms with E-state index in [9.17, 15) is 4.39 Å². The molecule has 0 radical (unpaired) electrons. The second-order valence-electron chi connectivity index (χ2n) is 7.60. The predicted octanol–water partition coefficient (Wildman–Crippen LogP) is 5.57. The minimum atomic E-state index is -0.271. The summed E-state index contributed by atoms with van der Waals surface area (Å²) in [6.45, 7) is 2.20. The number of benzene rings is 3. The zero-order chi connectivity index (χ0) is 23.2. The number of nitrogens with one attached hydrogen (secondary N) is 1. The van der Waals surface area contributed by atoms with E-state index in [-0.39, 0.29) is 24.2 Å². The summed E-state index contributed by atoms with van der Waals surface area (Å²) in [4.78, 5) is 4.31. The van der Waals surface area contributed by atoms with Crippen molar-refractivity contribution in [2.24, 2.45) is 10.7 Å². The van der Waals surface area contributed by atoms with Crippen LogP contribution < -0.4 is 15.8 Å². The Kier molecular flexibility index (Phi) is 6.69. The number of nitrogens with two attached hydrogens (primary N) is 1. The van der Waals surface area contributed by atoms with Crippen molar-refractivity contribution in [3.8, 4) is 16.9 Å². The van der Waals surface area contributed by atoms with Gasteiger partial charge in [0.2, 0.25) is 0 Å². The van der Waals surface area contributed by atoms with E-state index in [2.05, 4.69) is 15.5 Å². The summed E-state index contributed by atoms with van der Waals surface area (Å²) in [7, 11) is 1.61. The molecule has 6 nitrogen and oxygen atoms in total. The molecule has 168 valence electrons. The van der Waals surface area contributed by atoms with Crippen molar-refractivity contribution in [1.29, 1.82) is 0 Å². The number of aliphatic imine (C=N–C) groups is 1. The van der Waals surface area contributed by atoms with Gasteiger partial charge in [-0.25, -0.2) is 9.38 Å². The number of methoxy groups -OCH3 is 1. The minimum Gasteiger partial charge on any atom is -0.497 e. The monoisotopic (exact) mass is 444 g/mol. The summed E-state index contributed by atoms with van der Waals surface area (Å²) in [6.07, 6.45) is 0. The molecule has 4 rings (SSSR count). The minimum absolute atomic E-state index is 0.163. The summed E-state index contributed by atoms with van der Waals surface area (Å²) in [6, 6.07) is 23.9. The number of ether oxygens (including phenoxy) is 1. The van der Waals surface area contributed by atoms with Crippen molar-refractivity contribution in [2.45, 2.75) is 19.4 Å². The van der Waals surface area contributed by atoms with E-state index in [4.69, 9.17) is 15.0 Å². The van der Waals surface area contributed by atoms with Crippen LogP contribution in [0, 0.1) is 5.82 Å². The molecule has 4 aromatic rings. The van der Waals surface area contributed by atoms with Crippen molar-refractivity contribution in [1.82, 2.24) is 5.16 Å². The van der Waals surface area contributed by atoms with Gasteiger partial charge in [0.05, 0.1) is 13.7 Å². The first-order chi connectivity index (χ1) is 16.0. The van der Waals surface area contributed by atoms with Crippen molar-refractivity contribution in [3.63, 3.8) is 0 Å². The maximum atomic E-state index is 14.8. The number of anilines is 1. The fraction of sp³-hybridized carbons (Fsp3) is 0.154. The standard InChI is InChI=1S/C26H25FN4O2/c1-17(19-8-13-23(24(27)14-19)18-6-4-3-5-7-18)25-15-21(31-33-25)16-29-26(28)30-20-9-11-22(32-2)12-10-20/h3-15,17H,16H2,1-2H3,(H3,28,29,30). The predicted molar refractivity (Wildman–Crippen MR) is 128 cm³/mol. The van der Waals surface area contributed by atoms with Crippen LogP contribution in [-0.2, 0) is 6.54 Å². The number of guanidine groups is 1. The third-order valence-electron chi connectivity index (χ3n) is 5.36. The SMILES string of the molecule is COc1ccc(NC(N)=NCc2cc(C(C)c3ccc(-c4ccccc4)c(F)c3)on2)cc1. The molecule has 0 saturated heterocycles. The highest BCUT2D eigenvalue weighted by Gasteiger charge is 2.17. The van der Waals surface area contributed by atoms with Crippen LogP contribution >= 0.6 is 0 Å². The average molecular weight is 445 g/mol. The van der Waals surface area contributed by atoms with Gasteiger partial charge in [-0.15, -0.1) is 0 Å². The van der Waals surface area contributed by atoms with Gasteiger partial charge in [0, 0.05) is 23.2 Å². The quantitative estimate of drug-likeness (QED) is 0.288. The molecular formula is C26H25FN4O2. The van der Waals surface area contributed by atoms with Gasteiger partial charge in [-0.05, 0) is 41.5 Å². The maximum Gasteiger partial charge on any atom is 0.193 e. The van der Waals surface area contributed by atoms with Gasteiger partial charge in [-0.2, -0.15) is 0 Å². The number of rotatable bonds is 7. The molecule has 1 unspecified atom stereocenters. The van der Waals surface area contributed by atoms with Crippen LogP contribution in [0.15, 0.2) is 88.4 Å². The molecule has 0 spiro atoms. The van der Waals surface area contributed by atoms with E-state index < -0.39 is 0 Å². The van der Waals surface area contributed by atoms with E-state index in [1.807, 2.05) is 73.7 Å². The molecule has 3 aromatic carbocycles. The summed E-state index contributed by atoms with van der Waals surface area (Å²) < 4.78 is 25.4. The Labute approximate surface area is 191 Å². The van der Waals surface area contributed by atoms with E-state index in [0.29, 0.717) is 17.0 Å². The number of hydrogen-bond donors (Lipinski definition) is 2. The molecule has 0 amide bonds. The Morgan fingerprint density at radius 2 is 1.85 bits per heavy atom. The highest BCUT2D eigenvalue weighted by atomic mass is 19.1. The maximum absolute atomic E-state index is 14.8. The van der Waals surface area contributed by atoms with Gasteiger partial charge in [0.15, 0.2) is 5.96 Å². The van der Waals surface area contributed by atoms with Crippen LogP contribution in [0.1, 0.15) is 29.9 Å². The molecule has 0 aliphatic carbocycles. The molecule has 0 bridgehead atoms. The van der Waals surface area contributed by atoms with Gasteiger partial charge in [-0.1, -0.05) is 54.5 Å². The second-order valence-corrected chi connectivity index (χ2v) is 7.60. The van der Waals surface area contributed by atoms with Crippen LogP contribution in [0.3, 0.4) is 0 Å². The molecule has 0 fully saturated rings. The Morgan fingerprint density at radius 1 is 1.09 bits per heavy atom. The van der Waals surface area contributed by atoms with Crippen LogP contribution in [0.4, 0.5) is 10.1 Å². The lowest BCUT2D eigenvalue weighted by Crippen LogP contribution is -2.22. The summed E-state index contributed by atoms with van der Waals surface area (Å²) in [5, 5.41) is 7.09. The molecule has 1 aromatic heterocycles. The molecule has 7 heteroatoms. The third-order valence-corrected chi connectivity index (χ3v) is 5.36. The highest BCUT2D eigenvalue weighted by molar-refractivity contribution is 5.92. The number of hydrogen-bond acceptors (Lipinski definition) is 4. The van der Waals surface area contributed by atoms with Crippen molar-refractivity contribution < 1.29 is 13.7 Å². The topological polar surface area (TPSA) is 85.7 Å². The first kappa shape index (κ1) is 22.1. The molecule has 0 aliphatic rings. The Morgan fingerprint density at radius 3 is 2.55 bits per heavy atom. The zero-order valence-electron chi connectivity index (χ0n) is 18.5. The molecule has 0 aliphatic heterocycles. The highest BCUT2D eigenvalue weighted by Crippen LogP contribution is 2.29. The fourth-order valence-electron chi connectivity index (χ4n) is 3.45. The van der Waals surface area contributed by atoms with Crippen LogP contribution in [0.5, 0.6) is 5.75 Å². The molecule has 3 N–H and O–H groups in total. The summed E-state index contributed by atoms with van der Waals surface area (Å²) in [5.74, 6) is 1.22. The first-order valence-electron chi connectivity index (χ1n) is 10.5. The Hall–Kier alpha value is -4.13. The van der Waals surface area contributed by atoms with Crippen LogP contribution in [-0.4, -0.2) is 18.2 Å². The van der Waals surface area contributed by atoms with Crippen molar-refractivity contribution >= 4 is 11.6 Å².